The smallest absolute Gasteiger partial charge is 0.131 e. The van der Waals surface area contributed by atoms with Gasteiger partial charge in [0, 0.05) is 10.6 Å². The van der Waals surface area contributed by atoms with Crippen molar-refractivity contribution in [3.8, 4) is 11.5 Å². The van der Waals surface area contributed by atoms with Gasteiger partial charge in [-0.25, -0.2) is 0 Å². The Bertz CT molecular complexity index is 523. The van der Waals surface area contributed by atoms with E-state index >= 15 is 0 Å². The Labute approximate surface area is 111 Å². The summed E-state index contributed by atoms with van der Waals surface area (Å²) in [6.45, 7) is 2.02. The topological polar surface area (TPSA) is 9.23 Å². The number of ether oxygens (including phenoxy) is 1. The van der Waals surface area contributed by atoms with Crippen LogP contribution in [-0.2, 0) is 5.88 Å². The molecule has 0 saturated carbocycles. The summed E-state index contributed by atoms with van der Waals surface area (Å²) in [5.74, 6) is 1.93. The third-order valence-electron chi connectivity index (χ3n) is 2.38. The van der Waals surface area contributed by atoms with E-state index in [9.17, 15) is 0 Å². The maximum atomic E-state index is 5.91. The third-order valence-corrected chi connectivity index (χ3v) is 2.91. The summed E-state index contributed by atoms with van der Waals surface area (Å²) in [6, 6.07) is 13.3. The van der Waals surface area contributed by atoms with Gasteiger partial charge in [-0.15, -0.1) is 11.6 Å². The van der Waals surface area contributed by atoms with Crippen molar-refractivity contribution >= 4 is 23.2 Å². The van der Waals surface area contributed by atoms with Gasteiger partial charge in [-0.2, -0.15) is 0 Å². The molecule has 0 aliphatic heterocycles. The SMILES string of the molecule is Cc1cccc(Oc2ccc(Cl)cc2CCl)c1. The third kappa shape index (κ3) is 3.15. The van der Waals surface area contributed by atoms with Crippen LogP contribution >= 0.6 is 23.2 Å². The van der Waals surface area contributed by atoms with Crippen LogP contribution < -0.4 is 4.74 Å². The molecule has 2 rings (SSSR count). The fraction of sp³-hybridized carbons (Fsp3) is 0.143. The van der Waals surface area contributed by atoms with Crippen LogP contribution in [0.4, 0.5) is 0 Å². The van der Waals surface area contributed by atoms with E-state index in [0.717, 1.165) is 22.6 Å². The highest BCUT2D eigenvalue weighted by Gasteiger charge is 2.05. The number of aryl methyl sites for hydroxylation is 1. The summed E-state index contributed by atoms with van der Waals surface area (Å²) in [6.07, 6.45) is 0. The van der Waals surface area contributed by atoms with Crippen molar-refractivity contribution in [3.05, 3.63) is 58.6 Å². The monoisotopic (exact) mass is 266 g/mol. The second-order valence-electron chi connectivity index (χ2n) is 3.80. The fourth-order valence-electron chi connectivity index (χ4n) is 1.56. The molecule has 0 saturated heterocycles. The van der Waals surface area contributed by atoms with E-state index in [4.69, 9.17) is 27.9 Å². The van der Waals surface area contributed by atoms with Gasteiger partial charge < -0.3 is 4.74 Å². The molecule has 0 aromatic heterocycles. The molecule has 2 aromatic rings. The zero-order valence-corrected chi connectivity index (χ0v) is 10.9. The molecule has 1 nitrogen and oxygen atoms in total. The van der Waals surface area contributed by atoms with Gasteiger partial charge in [0.2, 0.25) is 0 Å². The first-order valence-corrected chi connectivity index (χ1v) is 6.19. The van der Waals surface area contributed by atoms with Gasteiger partial charge in [0.15, 0.2) is 0 Å². The fourth-order valence-corrected chi connectivity index (χ4v) is 1.96. The van der Waals surface area contributed by atoms with Crippen molar-refractivity contribution in [2.24, 2.45) is 0 Å². The summed E-state index contributed by atoms with van der Waals surface area (Å²) in [5, 5.41) is 0.664. The number of hydrogen-bond donors (Lipinski definition) is 0. The van der Waals surface area contributed by atoms with Crippen molar-refractivity contribution in [3.63, 3.8) is 0 Å². The van der Waals surface area contributed by atoms with Gasteiger partial charge in [-0.1, -0.05) is 23.7 Å². The van der Waals surface area contributed by atoms with Crippen molar-refractivity contribution in [2.75, 3.05) is 0 Å². The number of benzene rings is 2. The van der Waals surface area contributed by atoms with Gasteiger partial charge in [-0.05, 0) is 42.8 Å². The van der Waals surface area contributed by atoms with Crippen LogP contribution in [0.2, 0.25) is 5.02 Å². The Morgan fingerprint density at radius 2 is 1.94 bits per heavy atom. The Kier molecular flexibility index (Phi) is 3.93. The minimum atomic E-state index is 0.377. The molecule has 0 radical (unpaired) electrons. The van der Waals surface area contributed by atoms with Crippen LogP contribution in [0.25, 0.3) is 0 Å². The molecule has 0 N–H and O–H groups in total. The molecule has 0 aliphatic carbocycles. The van der Waals surface area contributed by atoms with Crippen LogP contribution in [0.3, 0.4) is 0 Å². The normalized spacial score (nSPS) is 10.3. The number of hydrogen-bond acceptors (Lipinski definition) is 1. The maximum absolute atomic E-state index is 5.91. The highest BCUT2D eigenvalue weighted by atomic mass is 35.5. The van der Waals surface area contributed by atoms with Crippen molar-refractivity contribution < 1.29 is 4.74 Å². The lowest BCUT2D eigenvalue weighted by Gasteiger charge is -2.10. The Morgan fingerprint density at radius 3 is 2.65 bits per heavy atom. The highest BCUT2D eigenvalue weighted by molar-refractivity contribution is 6.30. The molecule has 0 heterocycles. The quantitative estimate of drug-likeness (QED) is 0.696. The zero-order valence-electron chi connectivity index (χ0n) is 9.41. The lowest BCUT2D eigenvalue weighted by molar-refractivity contribution is 0.478. The summed E-state index contributed by atoms with van der Waals surface area (Å²) in [5.41, 5.74) is 2.05. The molecule has 2 aromatic carbocycles. The molecule has 0 fully saturated rings. The van der Waals surface area contributed by atoms with Gasteiger partial charge >= 0.3 is 0 Å². The Morgan fingerprint density at radius 1 is 1.12 bits per heavy atom. The second kappa shape index (κ2) is 5.44. The molecule has 0 atom stereocenters. The first-order chi connectivity index (χ1) is 8.19. The molecule has 0 bridgehead atoms. The van der Waals surface area contributed by atoms with E-state index in [1.807, 2.05) is 43.3 Å². The summed E-state index contributed by atoms with van der Waals surface area (Å²) >= 11 is 11.8. The van der Waals surface area contributed by atoms with Crippen molar-refractivity contribution in [1.82, 2.24) is 0 Å². The molecular weight excluding hydrogens is 255 g/mol. The predicted octanol–water partition coefficient (Wildman–Crippen LogP) is 5.18. The standard InChI is InChI=1S/C14H12Cl2O/c1-10-3-2-4-13(7-10)17-14-6-5-12(16)8-11(14)9-15/h2-8H,9H2,1H3. The lowest BCUT2D eigenvalue weighted by Crippen LogP contribution is -1.90. The van der Waals surface area contributed by atoms with Gasteiger partial charge in [0.25, 0.3) is 0 Å². The summed E-state index contributed by atoms with van der Waals surface area (Å²) < 4.78 is 5.79. The molecular formula is C14H12Cl2O. The predicted molar refractivity (Wildman–Crippen MR) is 72.3 cm³/mol. The minimum absolute atomic E-state index is 0.377. The first-order valence-electron chi connectivity index (χ1n) is 5.28. The summed E-state index contributed by atoms with van der Waals surface area (Å²) in [7, 11) is 0. The number of halogens is 2. The van der Waals surface area contributed by atoms with Crippen LogP contribution in [-0.4, -0.2) is 0 Å². The maximum Gasteiger partial charge on any atom is 0.131 e. The molecule has 88 valence electrons. The van der Waals surface area contributed by atoms with Crippen molar-refractivity contribution in [2.45, 2.75) is 12.8 Å². The minimum Gasteiger partial charge on any atom is -0.457 e. The number of rotatable bonds is 3. The molecule has 17 heavy (non-hydrogen) atoms. The van der Waals surface area contributed by atoms with E-state index in [2.05, 4.69) is 0 Å². The molecule has 0 aliphatic rings. The summed E-state index contributed by atoms with van der Waals surface area (Å²) in [4.78, 5) is 0. The van der Waals surface area contributed by atoms with Crippen molar-refractivity contribution in [1.29, 1.82) is 0 Å². The lowest BCUT2D eigenvalue weighted by atomic mass is 10.2. The Hall–Kier alpha value is -1.18. The van der Waals surface area contributed by atoms with Crippen LogP contribution in [0.1, 0.15) is 11.1 Å². The van der Waals surface area contributed by atoms with Crippen LogP contribution in [0.5, 0.6) is 11.5 Å². The van der Waals surface area contributed by atoms with Crippen LogP contribution in [0.15, 0.2) is 42.5 Å². The van der Waals surface area contributed by atoms with Gasteiger partial charge in [-0.3, -0.25) is 0 Å². The zero-order chi connectivity index (χ0) is 12.3. The largest absolute Gasteiger partial charge is 0.457 e. The highest BCUT2D eigenvalue weighted by Crippen LogP contribution is 2.29. The van der Waals surface area contributed by atoms with E-state index < -0.39 is 0 Å². The van der Waals surface area contributed by atoms with E-state index in [1.165, 1.54) is 0 Å². The van der Waals surface area contributed by atoms with Crippen LogP contribution in [0, 0.1) is 6.92 Å². The van der Waals surface area contributed by atoms with E-state index in [1.54, 1.807) is 6.07 Å². The average Bonchev–Trinajstić information content (AvgIpc) is 2.31. The van der Waals surface area contributed by atoms with E-state index in [0.29, 0.717) is 10.9 Å². The van der Waals surface area contributed by atoms with E-state index in [-0.39, 0.29) is 0 Å². The Balaban J connectivity index is 2.29. The molecule has 0 unspecified atom stereocenters. The average molecular weight is 267 g/mol. The first kappa shape index (κ1) is 12.3. The van der Waals surface area contributed by atoms with Gasteiger partial charge in [0.1, 0.15) is 11.5 Å². The molecule has 0 spiro atoms. The van der Waals surface area contributed by atoms with Gasteiger partial charge in [0.05, 0.1) is 5.88 Å². The number of alkyl halides is 1. The molecule has 0 amide bonds. The second-order valence-corrected chi connectivity index (χ2v) is 4.51. The molecule has 3 heteroatoms.